The Hall–Kier alpha value is -2.26. The summed E-state index contributed by atoms with van der Waals surface area (Å²) in [6.45, 7) is 0.0223. The Morgan fingerprint density at radius 2 is 1.79 bits per heavy atom. The molecule has 0 radical (unpaired) electrons. The van der Waals surface area contributed by atoms with Crippen LogP contribution >= 0.6 is 0 Å². The van der Waals surface area contributed by atoms with Gasteiger partial charge in [0.05, 0.1) is 12.2 Å². The fourth-order valence-electron chi connectivity index (χ4n) is 2.40. The number of hydrogen-bond acceptors (Lipinski definition) is 4. The second-order valence-electron chi connectivity index (χ2n) is 5.13. The number of fused-ring (bicyclic) bond motifs is 1. The quantitative estimate of drug-likeness (QED) is 0.920. The number of nitrogens with zero attached hydrogens (tertiary/aromatic N) is 2. The van der Waals surface area contributed by atoms with Crippen molar-refractivity contribution in [1.29, 1.82) is 0 Å². The smallest absolute Gasteiger partial charge is 0.265 e. The molecule has 1 aliphatic heterocycles. The molecule has 9 heteroatoms. The topological polar surface area (TPSA) is 71.4 Å². The zero-order chi connectivity index (χ0) is 17.4. The van der Waals surface area contributed by atoms with Crippen molar-refractivity contribution in [2.75, 3.05) is 0 Å². The Morgan fingerprint density at radius 3 is 2.46 bits per heavy atom. The van der Waals surface area contributed by atoms with Gasteiger partial charge in [-0.15, -0.1) is 0 Å². The predicted molar refractivity (Wildman–Crippen MR) is 81.8 cm³/mol. The summed E-state index contributed by atoms with van der Waals surface area (Å²) in [7, 11) is -4.46. The van der Waals surface area contributed by atoms with Gasteiger partial charge in [-0.2, -0.15) is 17.9 Å². The molecule has 0 unspecified atom stereocenters. The highest BCUT2D eigenvalue weighted by Gasteiger charge is 2.44. The number of sulfonamides is 1. The SMILES string of the molecule is O=S(=O)(N[C@@H](c1ccccc1)C(F)(F)F)C1=NCc2ncccc21. The third-order valence-electron chi connectivity index (χ3n) is 3.48. The summed E-state index contributed by atoms with van der Waals surface area (Å²) < 4.78 is 66.7. The Bertz CT molecular complexity index is 880. The number of halogens is 3. The second-order valence-corrected chi connectivity index (χ2v) is 6.75. The molecule has 0 spiro atoms. The normalized spacial score (nSPS) is 15.7. The number of nitrogens with one attached hydrogen (secondary N) is 1. The van der Waals surface area contributed by atoms with Crippen molar-refractivity contribution < 1.29 is 21.6 Å². The molecule has 1 aromatic heterocycles. The van der Waals surface area contributed by atoms with Crippen molar-refractivity contribution in [2.24, 2.45) is 4.99 Å². The van der Waals surface area contributed by atoms with Crippen LogP contribution in [-0.4, -0.2) is 24.6 Å². The molecule has 2 heterocycles. The van der Waals surface area contributed by atoms with E-state index in [1.165, 1.54) is 42.6 Å². The van der Waals surface area contributed by atoms with Crippen molar-refractivity contribution in [3.63, 3.8) is 0 Å². The number of rotatable bonds is 3. The van der Waals surface area contributed by atoms with Gasteiger partial charge in [-0.05, 0) is 17.7 Å². The van der Waals surface area contributed by atoms with E-state index in [9.17, 15) is 21.6 Å². The van der Waals surface area contributed by atoms with E-state index in [2.05, 4.69) is 9.98 Å². The van der Waals surface area contributed by atoms with Gasteiger partial charge in [0.2, 0.25) is 0 Å². The summed E-state index contributed by atoms with van der Waals surface area (Å²) in [6, 6.07) is 7.43. The van der Waals surface area contributed by atoms with E-state index < -0.39 is 27.3 Å². The molecule has 3 rings (SSSR count). The molecule has 0 fully saturated rings. The lowest BCUT2D eigenvalue weighted by Gasteiger charge is -2.22. The number of aromatic nitrogens is 1. The Balaban J connectivity index is 1.96. The average molecular weight is 355 g/mol. The first kappa shape index (κ1) is 16.6. The second kappa shape index (κ2) is 5.99. The molecule has 1 atom stereocenters. The number of aliphatic imine (C=N–C) groups is 1. The lowest BCUT2D eigenvalue weighted by molar-refractivity contribution is -0.152. The third-order valence-corrected chi connectivity index (χ3v) is 4.88. The minimum absolute atomic E-state index is 0.0223. The average Bonchev–Trinajstić information content (AvgIpc) is 2.97. The van der Waals surface area contributed by atoms with Crippen LogP contribution in [0.25, 0.3) is 0 Å². The van der Waals surface area contributed by atoms with E-state index in [1.54, 1.807) is 10.8 Å². The molecule has 0 amide bonds. The third kappa shape index (κ3) is 3.17. The first-order valence-corrected chi connectivity index (χ1v) is 8.40. The maximum absolute atomic E-state index is 13.3. The molecule has 1 aromatic carbocycles. The van der Waals surface area contributed by atoms with Crippen LogP contribution in [0.3, 0.4) is 0 Å². The maximum Gasteiger partial charge on any atom is 0.408 e. The highest BCUT2D eigenvalue weighted by molar-refractivity contribution is 8.05. The number of alkyl halides is 3. The largest absolute Gasteiger partial charge is 0.408 e. The van der Waals surface area contributed by atoms with E-state index in [0.29, 0.717) is 5.69 Å². The highest BCUT2D eigenvalue weighted by atomic mass is 32.2. The molecule has 5 nitrogen and oxygen atoms in total. The predicted octanol–water partition coefficient (Wildman–Crippen LogP) is 2.56. The van der Waals surface area contributed by atoms with Crippen LogP contribution in [0, 0.1) is 0 Å². The lowest BCUT2D eigenvalue weighted by Crippen LogP contribution is -2.41. The van der Waals surface area contributed by atoms with Gasteiger partial charge in [-0.1, -0.05) is 30.3 Å². The van der Waals surface area contributed by atoms with E-state index in [-0.39, 0.29) is 17.7 Å². The van der Waals surface area contributed by atoms with Crippen LogP contribution in [0.4, 0.5) is 13.2 Å². The van der Waals surface area contributed by atoms with Crippen LogP contribution in [0.5, 0.6) is 0 Å². The Labute approximate surface area is 136 Å². The Kier molecular flexibility index (Phi) is 4.14. The summed E-state index contributed by atoms with van der Waals surface area (Å²) in [5.41, 5.74) is 0.443. The molecule has 0 saturated heterocycles. The van der Waals surface area contributed by atoms with Crippen molar-refractivity contribution in [1.82, 2.24) is 9.71 Å². The van der Waals surface area contributed by atoms with E-state index >= 15 is 0 Å². The summed E-state index contributed by atoms with van der Waals surface area (Å²) >= 11 is 0. The minimum Gasteiger partial charge on any atom is -0.265 e. The van der Waals surface area contributed by atoms with Gasteiger partial charge >= 0.3 is 6.18 Å². The van der Waals surface area contributed by atoms with Crippen molar-refractivity contribution in [3.8, 4) is 0 Å². The van der Waals surface area contributed by atoms with Crippen LogP contribution in [-0.2, 0) is 16.6 Å². The first-order valence-electron chi connectivity index (χ1n) is 6.92. The molecule has 2 aromatic rings. The standard InChI is InChI=1S/C15H12F3N3O2S/c16-15(17,18)13(10-5-2-1-3-6-10)21-24(22,23)14-11-7-4-8-19-12(11)9-20-14/h1-8,13,21H,9H2/t13-/m0/s1. The summed E-state index contributed by atoms with van der Waals surface area (Å²) in [5.74, 6) is 0. The molecule has 1 aliphatic rings. The van der Waals surface area contributed by atoms with E-state index in [4.69, 9.17) is 0 Å². The zero-order valence-corrected chi connectivity index (χ0v) is 13.0. The fourth-order valence-corrected chi connectivity index (χ4v) is 3.80. The molecule has 1 N–H and O–H groups in total. The maximum atomic E-state index is 13.3. The van der Waals surface area contributed by atoms with Crippen molar-refractivity contribution >= 4 is 15.1 Å². The number of pyridine rings is 1. The molecule has 0 bridgehead atoms. The van der Waals surface area contributed by atoms with Crippen LogP contribution in [0.1, 0.15) is 22.9 Å². The Morgan fingerprint density at radius 1 is 1.08 bits per heavy atom. The zero-order valence-electron chi connectivity index (χ0n) is 12.2. The van der Waals surface area contributed by atoms with Gasteiger partial charge in [0.1, 0.15) is 6.04 Å². The highest BCUT2D eigenvalue weighted by Crippen LogP contribution is 2.34. The van der Waals surface area contributed by atoms with Crippen LogP contribution in [0.2, 0.25) is 0 Å². The molecular weight excluding hydrogens is 343 g/mol. The molecule has 0 saturated carbocycles. The van der Waals surface area contributed by atoms with Crippen molar-refractivity contribution in [3.05, 3.63) is 65.5 Å². The monoisotopic (exact) mass is 355 g/mol. The fraction of sp³-hybridized carbons (Fsp3) is 0.200. The first-order chi connectivity index (χ1) is 11.3. The van der Waals surface area contributed by atoms with Gasteiger partial charge in [0.15, 0.2) is 5.04 Å². The van der Waals surface area contributed by atoms with Crippen LogP contribution < -0.4 is 4.72 Å². The summed E-state index contributed by atoms with van der Waals surface area (Å²) in [6.07, 6.45) is -3.31. The van der Waals surface area contributed by atoms with Crippen LogP contribution in [0.15, 0.2) is 53.7 Å². The number of hydrogen-bond donors (Lipinski definition) is 1. The summed E-state index contributed by atoms with van der Waals surface area (Å²) in [5, 5.41) is -0.421. The van der Waals surface area contributed by atoms with E-state index in [0.717, 1.165) is 0 Å². The van der Waals surface area contributed by atoms with Gasteiger partial charge < -0.3 is 0 Å². The molecule has 0 aliphatic carbocycles. The molecule has 24 heavy (non-hydrogen) atoms. The van der Waals surface area contributed by atoms with Crippen molar-refractivity contribution in [2.45, 2.75) is 18.8 Å². The van der Waals surface area contributed by atoms with E-state index in [1.807, 2.05) is 0 Å². The molecular formula is C15H12F3N3O2S. The van der Waals surface area contributed by atoms with Gasteiger partial charge in [-0.25, -0.2) is 8.42 Å². The number of benzene rings is 1. The lowest BCUT2D eigenvalue weighted by atomic mass is 10.1. The minimum atomic E-state index is -4.79. The van der Waals surface area contributed by atoms with Gasteiger partial charge in [-0.3, -0.25) is 9.98 Å². The summed E-state index contributed by atoms with van der Waals surface area (Å²) in [4.78, 5) is 7.82. The molecule has 126 valence electrons. The van der Waals surface area contributed by atoms with Gasteiger partial charge in [0.25, 0.3) is 10.0 Å². The van der Waals surface area contributed by atoms with Gasteiger partial charge in [0, 0.05) is 11.8 Å².